The van der Waals surface area contributed by atoms with Gasteiger partial charge in [0.05, 0.1) is 5.75 Å². The molecular weight excluding hydrogens is 270 g/mol. The standard InChI is InChI=1S/C8H8Cl2O3S.Na.H/c9-7-2-1-6(8(10)5-7)3-4-14(11,12)13;;/h1-2,5H,3-4H2,(H,11,12,13);;/q;+1;-1. The first-order valence-electron chi connectivity index (χ1n) is 3.77. The van der Waals surface area contributed by atoms with E-state index in [1.54, 1.807) is 12.1 Å². The molecule has 1 aromatic rings. The van der Waals surface area contributed by atoms with E-state index >= 15 is 0 Å². The van der Waals surface area contributed by atoms with Crippen LogP contribution in [0.4, 0.5) is 0 Å². The summed E-state index contributed by atoms with van der Waals surface area (Å²) >= 11 is 11.5. The molecule has 0 atom stereocenters. The SMILES string of the molecule is O=S(=O)(O)CCc1ccc(Cl)cc1Cl.[H-].[Na+]. The van der Waals surface area contributed by atoms with Gasteiger partial charge < -0.3 is 1.43 Å². The van der Waals surface area contributed by atoms with E-state index in [4.69, 9.17) is 27.8 Å². The predicted molar refractivity (Wildman–Crippen MR) is 57.7 cm³/mol. The van der Waals surface area contributed by atoms with Gasteiger partial charge in [0.25, 0.3) is 10.1 Å². The van der Waals surface area contributed by atoms with Crippen molar-refractivity contribution in [2.24, 2.45) is 0 Å². The first kappa shape index (κ1) is 15.7. The Morgan fingerprint density at radius 2 is 1.93 bits per heavy atom. The van der Waals surface area contributed by atoms with Gasteiger partial charge in [0.1, 0.15) is 0 Å². The molecule has 1 aromatic carbocycles. The number of hydrogen-bond donors (Lipinski definition) is 1. The van der Waals surface area contributed by atoms with Crippen molar-refractivity contribution in [3.8, 4) is 0 Å². The number of hydrogen-bond acceptors (Lipinski definition) is 2. The summed E-state index contributed by atoms with van der Waals surface area (Å²) in [5, 5.41) is 0.895. The van der Waals surface area contributed by atoms with Gasteiger partial charge in [0.2, 0.25) is 0 Å². The zero-order valence-electron chi connectivity index (χ0n) is 9.07. The number of aryl methyl sites for hydroxylation is 1. The molecule has 0 spiro atoms. The monoisotopic (exact) mass is 278 g/mol. The van der Waals surface area contributed by atoms with Gasteiger partial charge in [0, 0.05) is 10.0 Å². The fourth-order valence-electron chi connectivity index (χ4n) is 0.963. The first-order chi connectivity index (χ1) is 6.38. The molecule has 0 amide bonds. The van der Waals surface area contributed by atoms with E-state index in [1.165, 1.54) is 6.07 Å². The van der Waals surface area contributed by atoms with Crippen LogP contribution in [0.1, 0.15) is 6.99 Å². The molecule has 0 heterocycles. The summed E-state index contributed by atoms with van der Waals surface area (Å²) in [5.41, 5.74) is 0.647. The zero-order chi connectivity index (χ0) is 10.8. The Morgan fingerprint density at radius 1 is 1.33 bits per heavy atom. The van der Waals surface area contributed by atoms with Gasteiger partial charge in [-0.2, -0.15) is 8.42 Å². The van der Waals surface area contributed by atoms with Crippen LogP contribution in [0.3, 0.4) is 0 Å². The second kappa shape index (κ2) is 6.45. The Hall–Kier alpha value is 0.710. The fourth-order valence-corrected chi connectivity index (χ4v) is 1.94. The molecule has 1 N–H and O–H groups in total. The quantitative estimate of drug-likeness (QED) is 0.602. The van der Waals surface area contributed by atoms with Crippen LogP contribution in [0.5, 0.6) is 0 Å². The maximum absolute atomic E-state index is 10.5. The van der Waals surface area contributed by atoms with Gasteiger partial charge in [-0.1, -0.05) is 29.3 Å². The molecule has 1 rings (SSSR count). The summed E-state index contributed by atoms with van der Waals surface area (Å²) in [6, 6.07) is 4.78. The van der Waals surface area contributed by atoms with Gasteiger partial charge in [-0.05, 0) is 24.1 Å². The van der Waals surface area contributed by atoms with E-state index < -0.39 is 10.1 Å². The summed E-state index contributed by atoms with van der Waals surface area (Å²) in [4.78, 5) is 0. The van der Waals surface area contributed by atoms with E-state index in [2.05, 4.69) is 0 Å². The fraction of sp³-hybridized carbons (Fsp3) is 0.250. The van der Waals surface area contributed by atoms with Crippen LogP contribution in [0.25, 0.3) is 0 Å². The van der Waals surface area contributed by atoms with Crippen LogP contribution in [0.15, 0.2) is 18.2 Å². The topological polar surface area (TPSA) is 54.4 Å². The van der Waals surface area contributed by atoms with Gasteiger partial charge in [-0.25, -0.2) is 0 Å². The maximum atomic E-state index is 10.5. The molecule has 0 saturated carbocycles. The predicted octanol–water partition coefficient (Wildman–Crippen LogP) is -0.460. The second-order valence-electron chi connectivity index (χ2n) is 2.77. The summed E-state index contributed by atoms with van der Waals surface area (Å²) in [5.74, 6) is -0.339. The Kier molecular flexibility index (Phi) is 6.75. The Morgan fingerprint density at radius 3 is 2.40 bits per heavy atom. The van der Waals surface area contributed by atoms with E-state index in [1.807, 2.05) is 0 Å². The second-order valence-corrected chi connectivity index (χ2v) is 5.19. The number of halogens is 2. The van der Waals surface area contributed by atoms with Crippen molar-refractivity contribution in [2.75, 3.05) is 5.75 Å². The maximum Gasteiger partial charge on any atom is 1.00 e. The van der Waals surface area contributed by atoms with Crippen molar-refractivity contribution >= 4 is 33.3 Å². The third-order valence-corrected chi connectivity index (χ3v) is 2.95. The molecular formula is C8H9Cl2NaO3S. The van der Waals surface area contributed by atoms with Crippen LogP contribution in [-0.2, 0) is 16.5 Å². The molecule has 0 aliphatic rings. The van der Waals surface area contributed by atoms with Crippen molar-refractivity contribution < 1.29 is 44.0 Å². The molecule has 7 heteroatoms. The van der Waals surface area contributed by atoms with Gasteiger partial charge in [-0.3, -0.25) is 4.55 Å². The molecule has 80 valence electrons. The molecule has 0 radical (unpaired) electrons. The van der Waals surface area contributed by atoms with E-state index in [0.717, 1.165) is 0 Å². The summed E-state index contributed by atoms with van der Waals surface area (Å²) in [7, 11) is -3.94. The van der Waals surface area contributed by atoms with Crippen molar-refractivity contribution in [1.82, 2.24) is 0 Å². The summed E-state index contributed by atoms with van der Waals surface area (Å²) < 4.78 is 29.5. The van der Waals surface area contributed by atoms with Crippen LogP contribution >= 0.6 is 23.2 Å². The largest absolute Gasteiger partial charge is 1.00 e. The van der Waals surface area contributed by atoms with E-state index in [0.29, 0.717) is 15.6 Å². The first-order valence-corrected chi connectivity index (χ1v) is 6.14. The van der Waals surface area contributed by atoms with Crippen LogP contribution < -0.4 is 29.6 Å². The third kappa shape index (κ3) is 6.12. The normalized spacial score (nSPS) is 10.9. The van der Waals surface area contributed by atoms with Gasteiger partial charge in [0.15, 0.2) is 0 Å². The summed E-state index contributed by atoms with van der Waals surface area (Å²) in [6.07, 6.45) is 0.175. The molecule has 15 heavy (non-hydrogen) atoms. The zero-order valence-corrected chi connectivity index (χ0v) is 12.4. The molecule has 3 nitrogen and oxygen atoms in total. The molecule has 0 aromatic heterocycles. The van der Waals surface area contributed by atoms with Crippen LogP contribution in [-0.4, -0.2) is 18.7 Å². The Balaban J connectivity index is 0. The molecule has 0 fully saturated rings. The average Bonchev–Trinajstić information content (AvgIpc) is 2.00. The molecule has 0 aliphatic carbocycles. The minimum absolute atomic E-state index is 0. The number of rotatable bonds is 3. The Bertz CT molecular complexity index is 439. The van der Waals surface area contributed by atoms with E-state index in [9.17, 15) is 8.42 Å². The third-order valence-electron chi connectivity index (χ3n) is 1.64. The molecule has 0 aliphatic heterocycles. The van der Waals surface area contributed by atoms with Crippen molar-refractivity contribution in [3.63, 3.8) is 0 Å². The summed E-state index contributed by atoms with van der Waals surface area (Å²) in [6.45, 7) is 0. The minimum Gasteiger partial charge on any atom is -1.00 e. The van der Waals surface area contributed by atoms with Crippen LogP contribution in [0, 0.1) is 0 Å². The van der Waals surface area contributed by atoms with Crippen LogP contribution in [0.2, 0.25) is 10.0 Å². The van der Waals surface area contributed by atoms with Gasteiger partial charge in [-0.15, -0.1) is 0 Å². The van der Waals surface area contributed by atoms with Crippen molar-refractivity contribution in [3.05, 3.63) is 33.8 Å². The molecule has 0 saturated heterocycles. The minimum atomic E-state index is -3.94. The number of benzene rings is 1. The smallest absolute Gasteiger partial charge is 1.00 e. The van der Waals surface area contributed by atoms with Crippen molar-refractivity contribution in [1.29, 1.82) is 0 Å². The van der Waals surface area contributed by atoms with Gasteiger partial charge >= 0.3 is 29.6 Å². The molecule has 0 unspecified atom stereocenters. The van der Waals surface area contributed by atoms with E-state index in [-0.39, 0.29) is 43.2 Å². The average molecular weight is 279 g/mol. The molecule has 0 bridgehead atoms. The van der Waals surface area contributed by atoms with Crippen molar-refractivity contribution in [2.45, 2.75) is 6.42 Å². The Labute approximate surface area is 122 Å².